The lowest BCUT2D eigenvalue weighted by atomic mass is 9.88. The van der Waals surface area contributed by atoms with E-state index in [4.69, 9.17) is 0 Å². The molecule has 0 spiro atoms. The lowest BCUT2D eigenvalue weighted by Crippen LogP contribution is -2.54. The third kappa shape index (κ3) is 4.78. The zero-order valence-corrected chi connectivity index (χ0v) is 14.5. The van der Waals surface area contributed by atoms with E-state index in [0.29, 0.717) is 12.6 Å². The molecule has 2 N–H and O–H groups in total. The number of aliphatic hydroxyl groups excluding tert-OH is 1. The molecule has 0 aromatic carbocycles. The fourth-order valence-electron chi connectivity index (χ4n) is 4.25. The molecule has 2 aliphatic rings. The van der Waals surface area contributed by atoms with Crippen LogP contribution < -0.4 is 0 Å². The second-order valence-corrected chi connectivity index (χ2v) is 7.44. The Morgan fingerprint density at radius 1 is 1.26 bits per heavy atom. The van der Waals surface area contributed by atoms with Gasteiger partial charge in [0.2, 0.25) is 0 Å². The predicted molar refractivity (Wildman–Crippen MR) is 92.2 cm³/mol. The molecule has 0 bridgehead atoms. The summed E-state index contributed by atoms with van der Waals surface area (Å²) in [7, 11) is 0. The van der Waals surface area contributed by atoms with Gasteiger partial charge in [0.25, 0.3) is 0 Å². The van der Waals surface area contributed by atoms with Gasteiger partial charge in [-0.15, -0.1) is 0 Å². The quantitative estimate of drug-likeness (QED) is 0.843. The Labute approximate surface area is 140 Å². The molecule has 130 valence electrons. The molecular weight excluding hydrogens is 288 g/mol. The minimum absolute atomic E-state index is 0.293. The van der Waals surface area contributed by atoms with Crippen molar-refractivity contribution in [2.75, 3.05) is 32.8 Å². The highest BCUT2D eigenvalue weighted by Gasteiger charge is 2.29. The van der Waals surface area contributed by atoms with Gasteiger partial charge < -0.3 is 5.11 Å². The molecule has 1 aliphatic carbocycles. The summed E-state index contributed by atoms with van der Waals surface area (Å²) in [5.41, 5.74) is 2.26. The van der Waals surface area contributed by atoms with Crippen LogP contribution in [-0.4, -0.2) is 63.9 Å². The van der Waals surface area contributed by atoms with E-state index in [-0.39, 0.29) is 0 Å². The van der Waals surface area contributed by atoms with Crippen LogP contribution in [-0.2, 0) is 6.54 Å². The van der Waals surface area contributed by atoms with Crippen LogP contribution in [0.15, 0.2) is 6.07 Å². The summed E-state index contributed by atoms with van der Waals surface area (Å²) >= 11 is 0. The molecule has 23 heavy (non-hydrogen) atoms. The van der Waals surface area contributed by atoms with Gasteiger partial charge in [-0.05, 0) is 38.2 Å². The van der Waals surface area contributed by atoms with Gasteiger partial charge in [0.1, 0.15) is 0 Å². The van der Waals surface area contributed by atoms with E-state index in [9.17, 15) is 5.11 Å². The number of nitrogens with one attached hydrogen (secondary N) is 1. The van der Waals surface area contributed by atoms with Gasteiger partial charge in [0.05, 0.1) is 5.69 Å². The second kappa shape index (κ2) is 8.27. The van der Waals surface area contributed by atoms with Crippen LogP contribution in [0.5, 0.6) is 0 Å². The number of H-pyrrole nitrogens is 1. The smallest absolute Gasteiger partial charge is 0.0765 e. The molecule has 5 nitrogen and oxygen atoms in total. The summed E-state index contributed by atoms with van der Waals surface area (Å²) in [6.07, 6.45) is 7.94. The number of aromatic nitrogens is 2. The molecule has 1 aliphatic heterocycles. The molecule has 1 saturated heterocycles. The zero-order chi connectivity index (χ0) is 16.1. The van der Waals surface area contributed by atoms with E-state index >= 15 is 0 Å². The molecule has 5 heteroatoms. The maximum atomic E-state index is 9.46. The molecule has 1 saturated carbocycles. The van der Waals surface area contributed by atoms with Crippen LogP contribution in [0, 0.1) is 12.8 Å². The summed E-state index contributed by atoms with van der Waals surface area (Å²) in [5, 5.41) is 16.9. The number of hydrogen-bond acceptors (Lipinski definition) is 4. The fraction of sp³-hybridized carbons (Fsp3) is 0.833. The van der Waals surface area contributed by atoms with Gasteiger partial charge in [0.15, 0.2) is 0 Å². The topological polar surface area (TPSA) is 55.4 Å². The van der Waals surface area contributed by atoms with Gasteiger partial charge in [-0.2, -0.15) is 5.10 Å². The highest BCUT2D eigenvalue weighted by molar-refractivity contribution is 5.06. The molecular formula is C18H32N4O. The van der Waals surface area contributed by atoms with Gasteiger partial charge in [0, 0.05) is 51.1 Å². The fourth-order valence-corrected chi connectivity index (χ4v) is 4.25. The van der Waals surface area contributed by atoms with Crippen molar-refractivity contribution in [3.8, 4) is 0 Å². The van der Waals surface area contributed by atoms with Crippen molar-refractivity contribution in [2.45, 2.75) is 58.0 Å². The van der Waals surface area contributed by atoms with Crippen LogP contribution in [0.2, 0.25) is 0 Å². The first-order chi connectivity index (χ1) is 11.2. The van der Waals surface area contributed by atoms with Crippen LogP contribution >= 0.6 is 0 Å². The second-order valence-electron chi connectivity index (χ2n) is 7.44. The largest absolute Gasteiger partial charge is 0.396 e. The molecule has 3 rings (SSSR count). The lowest BCUT2D eigenvalue weighted by Gasteiger charge is -2.43. The monoisotopic (exact) mass is 320 g/mol. The van der Waals surface area contributed by atoms with Crippen molar-refractivity contribution < 1.29 is 5.11 Å². The van der Waals surface area contributed by atoms with Crippen molar-refractivity contribution >= 4 is 0 Å². The van der Waals surface area contributed by atoms with Crippen molar-refractivity contribution in [3.05, 3.63) is 17.5 Å². The molecule has 2 heterocycles. The van der Waals surface area contributed by atoms with E-state index in [1.165, 1.54) is 38.6 Å². The van der Waals surface area contributed by atoms with Crippen LogP contribution in [0.3, 0.4) is 0 Å². The molecule has 0 radical (unpaired) electrons. The van der Waals surface area contributed by atoms with E-state index < -0.39 is 0 Å². The Balaban J connectivity index is 1.54. The maximum Gasteiger partial charge on any atom is 0.0765 e. The van der Waals surface area contributed by atoms with Crippen molar-refractivity contribution in [2.24, 2.45) is 5.92 Å². The number of hydrogen-bond donors (Lipinski definition) is 2. The SMILES string of the molecule is Cc1cc(CN2CCN(CC3CCCCC3)[C@@H](CCO)C2)n[nH]1. The minimum atomic E-state index is 0.293. The zero-order valence-electron chi connectivity index (χ0n) is 14.5. The molecule has 1 aromatic heterocycles. The molecule has 1 atom stereocenters. The number of piperazine rings is 1. The Bertz CT molecular complexity index is 469. The Kier molecular flexibility index (Phi) is 6.08. The van der Waals surface area contributed by atoms with E-state index in [1.807, 2.05) is 6.92 Å². The van der Waals surface area contributed by atoms with Crippen molar-refractivity contribution in [3.63, 3.8) is 0 Å². The number of aliphatic hydroxyl groups is 1. The van der Waals surface area contributed by atoms with Gasteiger partial charge >= 0.3 is 0 Å². The first kappa shape index (κ1) is 16.9. The van der Waals surface area contributed by atoms with Crippen LogP contribution in [0.25, 0.3) is 0 Å². The van der Waals surface area contributed by atoms with Crippen molar-refractivity contribution in [1.82, 2.24) is 20.0 Å². The summed E-state index contributed by atoms with van der Waals surface area (Å²) < 4.78 is 0. The van der Waals surface area contributed by atoms with Crippen LogP contribution in [0.4, 0.5) is 0 Å². The first-order valence-electron chi connectivity index (χ1n) is 9.32. The molecule has 2 fully saturated rings. The number of rotatable bonds is 6. The first-order valence-corrected chi connectivity index (χ1v) is 9.32. The highest BCUT2D eigenvalue weighted by atomic mass is 16.3. The van der Waals surface area contributed by atoms with Crippen molar-refractivity contribution in [1.29, 1.82) is 0 Å². The van der Waals surface area contributed by atoms with Gasteiger partial charge in [-0.3, -0.25) is 14.9 Å². The Morgan fingerprint density at radius 2 is 2.09 bits per heavy atom. The molecule has 1 aromatic rings. The third-order valence-electron chi connectivity index (χ3n) is 5.51. The Morgan fingerprint density at radius 3 is 2.78 bits per heavy atom. The standard InChI is InChI=1S/C18H32N4O/c1-15-11-17(20-19-15)13-21-8-9-22(18(14-21)7-10-23)12-16-5-3-2-4-6-16/h11,16,18,23H,2-10,12-14H2,1H3,(H,19,20)/t18-/m0/s1. The van der Waals surface area contributed by atoms with E-state index in [0.717, 1.165) is 49.9 Å². The Hall–Kier alpha value is -0.910. The minimum Gasteiger partial charge on any atom is -0.396 e. The normalized spacial score (nSPS) is 25.0. The summed E-state index contributed by atoms with van der Waals surface area (Å²) in [4.78, 5) is 5.14. The average molecular weight is 320 g/mol. The molecule has 0 amide bonds. The average Bonchev–Trinajstić information content (AvgIpc) is 2.96. The summed E-state index contributed by atoms with van der Waals surface area (Å²) in [5.74, 6) is 0.880. The predicted octanol–water partition coefficient (Wildman–Crippen LogP) is 2.17. The highest BCUT2D eigenvalue weighted by Crippen LogP contribution is 2.26. The maximum absolute atomic E-state index is 9.46. The number of nitrogens with zero attached hydrogens (tertiary/aromatic N) is 3. The third-order valence-corrected chi connectivity index (χ3v) is 5.51. The number of aromatic amines is 1. The summed E-state index contributed by atoms with van der Waals surface area (Å²) in [6.45, 7) is 7.79. The van der Waals surface area contributed by atoms with E-state index in [2.05, 4.69) is 26.1 Å². The summed E-state index contributed by atoms with van der Waals surface area (Å²) in [6, 6.07) is 2.63. The van der Waals surface area contributed by atoms with E-state index in [1.54, 1.807) is 0 Å². The number of aryl methyl sites for hydroxylation is 1. The van der Waals surface area contributed by atoms with Gasteiger partial charge in [-0.25, -0.2) is 0 Å². The lowest BCUT2D eigenvalue weighted by molar-refractivity contribution is 0.0395. The van der Waals surface area contributed by atoms with Crippen LogP contribution in [0.1, 0.15) is 49.9 Å². The van der Waals surface area contributed by atoms with Gasteiger partial charge in [-0.1, -0.05) is 19.3 Å². The molecule has 0 unspecified atom stereocenters.